The van der Waals surface area contributed by atoms with Gasteiger partial charge < -0.3 is 20.6 Å². The molecule has 0 aliphatic carbocycles. The zero-order chi connectivity index (χ0) is 16.9. The van der Waals surface area contributed by atoms with E-state index in [1.807, 2.05) is 0 Å². The Morgan fingerprint density at radius 3 is 2.96 bits per heavy atom. The Morgan fingerprint density at radius 1 is 1.52 bits per heavy atom. The molecule has 1 fully saturated rings. The third-order valence-electron chi connectivity index (χ3n) is 4.52. The molecule has 7 heteroatoms. The first-order valence-electron chi connectivity index (χ1n) is 8.36. The highest BCUT2D eigenvalue weighted by Crippen LogP contribution is 2.18. The summed E-state index contributed by atoms with van der Waals surface area (Å²) in [4.78, 5) is 14.4. The van der Waals surface area contributed by atoms with Crippen molar-refractivity contribution in [3.63, 3.8) is 0 Å². The average molecular weight is 323 g/mol. The first-order chi connectivity index (χ1) is 10.9. The average Bonchev–Trinajstić information content (AvgIpc) is 2.98. The predicted octanol–water partition coefficient (Wildman–Crippen LogP) is 0.659. The number of piperidine rings is 1. The van der Waals surface area contributed by atoms with Crippen LogP contribution in [0, 0.1) is 5.92 Å². The van der Waals surface area contributed by atoms with Crippen LogP contribution in [0.5, 0.6) is 0 Å². The Balaban J connectivity index is 1.72. The number of hydrogen-bond acceptors (Lipinski definition) is 4. The highest BCUT2D eigenvalue weighted by molar-refractivity contribution is 5.73. The van der Waals surface area contributed by atoms with Crippen molar-refractivity contribution in [1.29, 1.82) is 0 Å². The molecule has 130 valence electrons. The fourth-order valence-electron chi connectivity index (χ4n) is 2.96. The minimum atomic E-state index is -1.13. The molecular formula is C16H29N5O2. The molecule has 1 aliphatic rings. The quantitative estimate of drug-likeness (QED) is 0.718. The van der Waals surface area contributed by atoms with Gasteiger partial charge in [0.2, 0.25) is 0 Å². The summed E-state index contributed by atoms with van der Waals surface area (Å²) in [5.41, 5.74) is -0.443. The van der Waals surface area contributed by atoms with Gasteiger partial charge in [-0.1, -0.05) is 6.92 Å². The van der Waals surface area contributed by atoms with E-state index in [1.54, 1.807) is 31.0 Å². The normalized spacial score (nSPS) is 21.7. The summed E-state index contributed by atoms with van der Waals surface area (Å²) in [6.07, 6.45) is 5.71. The van der Waals surface area contributed by atoms with E-state index in [0.717, 1.165) is 26.1 Å². The van der Waals surface area contributed by atoms with Crippen molar-refractivity contribution in [1.82, 2.24) is 25.3 Å². The second-order valence-corrected chi connectivity index (χ2v) is 6.64. The van der Waals surface area contributed by atoms with Gasteiger partial charge in [0.15, 0.2) is 0 Å². The van der Waals surface area contributed by atoms with E-state index in [-0.39, 0.29) is 12.6 Å². The summed E-state index contributed by atoms with van der Waals surface area (Å²) in [5, 5.41) is 20.1. The summed E-state index contributed by atoms with van der Waals surface area (Å²) in [6, 6.07) is -0.234. The van der Waals surface area contributed by atoms with Crippen LogP contribution in [0.2, 0.25) is 0 Å². The molecule has 1 aromatic rings. The van der Waals surface area contributed by atoms with Gasteiger partial charge in [-0.05, 0) is 38.8 Å². The van der Waals surface area contributed by atoms with E-state index in [1.165, 1.54) is 6.42 Å². The van der Waals surface area contributed by atoms with E-state index in [2.05, 4.69) is 27.6 Å². The van der Waals surface area contributed by atoms with Gasteiger partial charge in [-0.3, -0.25) is 4.68 Å². The van der Waals surface area contributed by atoms with Gasteiger partial charge in [0.05, 0.1) is 12.7 Å². The summed E-state index contributed by atoms with van der Waals surface area (Å²) < 4.78 is 1.63. The number of carbonyl (C=O) groups excluding carboxylic acids is 1. The number of nitrogens with zero attached hydrogens (tertiary/aromatic N) is 3. The standard InChI is InChI=1S/C16H29N5O2/c1-4-21-7-5-6-13(10-21)8-17-15(22)18-12-16(2,23)14-9-19-20(3)11-14/h9,11,13,23H,4-8,10,12H2,1-3H3,(H2,17,18,22). The number of aliphatic hydroxyl groups is 1. The lowest BCUT2D eigenvalue weighted by molar-refractivity contribution is 0.0592. The molecule has 0 spiro atoms. The maximum atomic E-state index is 12.0. The molecule has 2 amide bonds. The van der Waals surface area contributed by atoms with E-state index >= 15 is 0 Å². The third-order valence-corrected chi connectivity index (χ3v) is 4.52. The maximum absolute atomic E-state index is 12.0. The SMILES string of the molecule is CCN1CCCC(CNC(=O)NCC(C)(O)c2cnn(C)c2)C1. The highest BCUT2D eigenvalue weighted by Gasteiger charge is 2.25. The molecule has 0 saturated carbocycles. The van der Waals surface area contributed by atoms with Crippen molar-refractivity contribution < 1.29 is 9.90 Å². The van der Waals surface area contributed by atoms with Crippen molar-refractivity contribution >= 4 is 6.03 Å². The molecule has 2 heterocycles. The van der Waals surface area contributed by atoms with Gasteiger partial charge in [-0.15, -0.1) is 0 Å². The molecule has 7 nitrogen and oxygen atoms in total. The molecule has 23 heavy (non-hydrogen) atoms. The fourth-order valence-corrected chi connectivity index (χ4v) is 2.96. The van der Waals surface area contributed by atoms with E-state index in [0.29, 0.717) is 18.0 Å². The van der Waals surface area contributed by atoms with Gasteiger partial charge in [-0.2, -0.15) is 5.10 Å². The van der Waals surface area contributed by atoms with Crippen molar-refractivity contribution in [3.05, 3.63) is 18.0 Å². The monoisotopic (exact) mass is 323 g/mol. The molecule has 0 radical (unpaired) electrons. The maximum Gasteiger partial charge on any atom is 0.314 e. The third kappa shape index (κ3) is 5.21. The van der Waals surface area contributed by atoms with Crippen LogP contribution in [0.1, 0.15) is 32.3 Å². The lowest BCUT2D eigenvalue weighted by Gasteiger charge is -2.32. The van der Waals surface area contributed by atoms with Crippen LogP contribution in [0.4, 0.5) is 4.79 Å². The van der Waals surface area contributed by atoms with Crippen molar-refractivity contribution in [2.75, 3.05) is 32.7 Å². The fraction of sp³-hybridized carbons (Fsp3) is 0.750. The topological polar surface area (TPSA) is 82.4 Å². The smallest absolute Gasteiger partial charge is 0.314 e. The first-order valence-corrected chi connectivity index (χ1v) is 8.36. The number of hydrogen-bond donors (Lipinski definition) is 3. The van der Waals surface area contributed by atoms with Crippen LogP contribution < -0.4 is 10.6 Å². The van der Waals surface area contributed by atoms with Gasteiger partial charge in [0, 0.05) is 31.9 Å². The van der Waals surface area contributed by atoms with Gasteiger partial charge in [0.1, 0.15) is 5.60 Å². The van der Waals surface area contributed by atoms with E-state index in [4.69, 9.17) is 0 Å². The Kier molecular flexibility index (Phi) is 6.01. The van der Waals surface area contributed by atoms with Crippen LogP contribution in [-0.2, 0) is 12.6 Å². The Morgan fingerprint density at radius 2 is 2.30 bits per heavy atom. The zero-order valence-corrected chi connectivity index (χ0v) is 14.4. The van der Waals surface area contributed by atoms with Gasteiger partial charge in [-0.25, -0.2) is 4.79 Å². The number of carbonyl (C=O) groups is 1. The number of likely N-dealkylation sites (tertiary alicyclic amines) is 1. The number of rotatable bonds is 6. The van der Waals surface area contributed by atoms with Crippen molar-refractivity contribution in [2.24, 2.45) is 13.0 Å². The molecule has 3 N–H and O–H groups in total. The number of urea groups is 1. The molecule has 2 rings (SSSR count). The van der Waals surface area contributed by atoms with E-state index < -0.39 is 5.60 Å². The summed E-state index contributed by atoms with van der Waals surface area (Å²) >= 11 is 0. The number of aryl methyl sites for hydroxylation is 1. The number of aromatic nitrogens is 2. The van der Waals surface area contributed by atoms with Crippen LogP contribution >= 0.6 is 0 Å². The predicted molar refractivity (Wildman–Crippen MR) is 89.0 cm³/mol. The molecule has 1 aliphatic heterocycles. The summed E-state index contributed by atoms with van der Waals surface area (Å²) in [5.74, 6) is 0.508. The molecule has 0 bridgehead atoms. The van der Waals surface area contributed by atoms with Crippen molar-refractivity contribution in [3.8, 4) is 0 Å². The largest absolute Gasteiger partial charge is 0.383 e. The second kappa shape index (κ2) is 7.79. The number of amides is 2. The molecule has 2 unspecified atom stereocenters. The molecule has 2 atom stereocenters. The molecule has 1 saturated heterocycles. The lowest BCUT2D eigenvalue weighted by Crippen LogP contribution is -2.46. The first kappa shape index (κ1) is 17.7. The van der Waals surface area contributed by atoms with E-state index in [9.17, 15) is 9.90 Å². The molecule has 1 aromatic heterocycles. The number of nitrogens with one attached hydrogen (secondary N) is 2. The van der Waals surface area contributed by atoms with Crippen LogP contribution in [0.15, 0.2) is 12.4 Å². The Labute approximate surface area is 138 Å². The highest BCUT2D eigenvalue weighted by atomic mass is 16.3. The van der Waals surface area contributed by atoms with Gasteiger partial charge in [0.25, 0.3) is 0 Å². The van der Waals surface area contributed by atoms with Crippen LogP contribution in [0.25, 0.3) is 0 Å². The van der Waals surface area contributed by atoms with Crippen LogP contribution in [-0.4, -0.2) is 58.5 Å². The second-order valence-electron chi connectivity index (χ2n) is 6.64. The molecule has 0 aromatic carbocycles. The summed E-state index contributed by atoms with van der Waals surface area (Å²) in [7, 11) is 1.80. The Hall–Kier alpha value is -1.60. The minimum absolute atomic E-state index is 0.149. The summed E-state index contributed by atoms with van der Waals surface area (Å²) in [6.45, 7) is 7.94. The van der Waals surface area contributed by atoms with Crippen molar-refractivity contribution in [2.45, 2.75) is 32.3 Å². The van der Waals surface area contributed by atoms with Crippen LogP contribution in [0.3, 0.4) is 0 Å². The molecular weight excluding hydrogens is 294 g/mol. The Bertz CT molecular complexity index is 514. The lowest BCUT2D eigenvalue weighted by atomic mass is 9.98. The zero-order valence-electron chi connectivity index (χ0n) is 14.4. The minimum Gasteiger partial charge on any atom is -0.383 e. The van der Waals surface area contributed by atoms with Gasteiger partial charge >= 0.3 is 6.03 Å².